The van der Waals surface area contributed by atoms with Crippen LogP contribution < -0.4 is 0 Å². The van der Waals surface area contributed by atoms with Gasteiger partial charge in [-0.2, -0.15) is 4.31 Å². The summed E-state index contributed by atoms with van der Waals surface area (Å²) in [6, 6.07) is 7.22. The highest BCUT2D eigenvalue weighted by atomic mass is 35.5. The quantitative estimate of drug-likeness (QED) is 0.815. The maximum absolute atomic E-state index is 13.2. The Balaban J connectivity index is 1.79. The molecule has 1 saturated heterocycles. The molecule has 1 unspecified atom stereocenters. The number of hydrogen-bond acceptors (Lipinski definition) is 4. The summed E-state index contributed by atoms with van der Waals surface area (Å²) in [5.41, 5.74) is 0. The van der Waals surface area contributed by atoms with E-state index in [0.717, 1.165) is 17.9 Å². The SMILES string of the molecule is O=S(=O)(c1ccc(F)c(Cl)c1)N1CCSC(c2ccco2)CC1. The summed E-state index contributed by atoms with van der Waals surface area (Å²) < 4.78 is 45.5. The molecule has 1 fully saturated rings. The molecule has 0 N–H and O–H groups in total. The highest BCUT2D eigenvalue weighted by molar-refractivity contribution is 7.99. The van der Waals surface area contributed by atoms with Gasteiger partial charge in [-0.1, -0.05) is 11.6 Å². The molecule has 3 rings (SSSR count). The fraction of sp³-hybridized carbons (Fsp3) is 0.333. The van der Waals surface area contributed by atoms with Crippen LogP contribution in [0.4, 0.5) is 4.39 Å². The molecule has 23 heavy (non-hydrogen) atoms. The Morgan fingerprint density at radius 1 is 1.30 bits per heavy atom. The molecule has 0 spiro atoms. The number of hydrogen-bond donors (Lipinski definition) is 0. The number of nitrogens with zero attached hydrogens (tertiary/aromatic N) is 1. The summed E-state index contributed by atoms with van der Waals surface area (Å²) in [5, 5.41) is -0.0502. The lowest BCUT2D eigenvalue weighted by Gasteiger charge is -2.20. The number of halogens is 2. The van der Waals surface area contributed by atoms with E-state index in [2.05, 4.69) is 0 Å². The minimum atomic E-state index is -3.68. The molecular weight excluding hydrogens is 361 g/mol. The molecule has 1 aromatic heterocycles. The van der Waals surface area contributed by atoms with Crippen molar-refractivity contribution in [2.75, 3.05) is 18.8 Å². The van der Waals surface area contributed by atoms with Crippen molar-refractivity contribution in [3.8, 4) is 0 Å². The van der Waals surface area contributed by atoms with Crippen molar-refractivity contribution in [1.29, 1.82) is 0 Å². The van der Waals surface area contributed by atoms with Crippen molar-refractivity contribution in [1.82, 2.24) is 4.31 Å². The van der Waals surface area contributed by atoms with Gasteiger partial charge in [-0.15, -0.1) is 11.8 Å². The van der Waals surface area contributed by atoms with Crippen LogP contribution in [0.2, 0.25) is 5.02 Å². The molecule has 8 heteroatoms. The Labute approximate surface area is 143 Å². The first-order chi connectivity index (χ1) is 11.0. The van der Waals surface area contributed by atoms with E-state index in [1.807, 2.05) is 12.1 Å². The first-order valence-corrected chi connectivity index (χ1v) is 9.95. The van der Waals surface area contributed by atoms with Crippen molar-refractivity contribution < 1.29 is 17.2 Å². The van der Waals surface area contributed by atoms with Crippen LogP contribution in [0.1, 0.15) is 17.4 Å². The number of thioether (sulfide) groups is 1. The topological polar surface area (TPSA) is 50.5 Å². The van der Waals surface area contributed by atoms with Gasteiger partial charge in [0.2, 0.25) is 10.0 Å². The lowest BCUT2D eigenvalue weighted by atomic mass is 10.2. The smallest absolute Gasteiger partial charge is 0.243 e. The zero-order valence-corrected chi connectivity index (χ0v) is 14.5. The molecule has 1 aliphatic rings. The number of benzene rings is 1. The van der Waals surface area contributed by atoms with E-state index in [1.165, 1.54) is 10.4 Å². The average Bonchev–Trinajstić information content (AvgIpc) is 2.94. The zero-order valence-electron chi connectivity index (χ0n) is 12.1. The Morgan fingerprint density at radius 2 is 2.13 bits per heavy atom. The molecule has 0 amide bonds. The Kier molecular flexibility index (Phi) is 5.01. The van der Waals surface area contributed by atoms with Crippen molar-refractivity contribution in [2.24, 2.45) is 0 Å². The van der Waals surface area contributed by atoms with Crippen LogP contribution in [0.3, 0.4) is 0 Å². The molecule has 1 aliphatic heterocycles. The monoisotopic (exact) mass is 375 g/mol. The van der Waals surface area contributed by atoms with E-state index < -0.39 is 15.8 Å². The van der Waals surface area contributed by atoms with Gasteiger partial charge in [-0.25, -0.2) is 12.8 Å². The lowest BCUT2D eigenvalue weighted by Crippen LogP contribution is -2.33. The molecule has 1 aromatic carbocycles. The standard InChI is InChI=1S/C15H15ClFNO3S2/c16-12-10-11(3-4-13(12)17)23(19,20)18-6-5-15(22-9-7-18)14-2-1-8-21-14/h1-4,8,10,15H,5-7,9H2. The molecule has 0 radical (unpaired) electrons. The second kappa shape index (κ2) is 6.84. The second-order valence-corrected chi connectivity index (χ2v) is 8.80. The third-order valence-corrected chi connectivity index (χ3v) is 7.16. The van der Waals surface area contributed by atoms with Crippen molar-refractivity contribution in [2.45, 2.75) is 16.6 Å². The van der Waals surface area contributed by atoms with Crippen LogP contribution >= 0.6 is 23.4 Å². The van der Waals surface area contributed by atoms with Gasteiger partial charge in [-0.05, 0) is 36.8 Å². The van der Waals surface area contributed by atoms with Crippen LogP contribution in [0, 0.1) is 5.82 Å². The summed E-state index contributed by atoms with van der Waals surface area (Å²) >= 11 is 7.38. The number of sulfonamides is 1. The molecule has 0 aliphatic carbocycles. The maximum atomic E-state index is 13.2. The van der Waals surface area contributed by atoms with E-state index in [9.17, 15) is 12.8 Å². The number of furan rings is 1. The van der Waals surface area contributed by atoms with Gasteiger partial charge in [-0.3, -0.25) is 0 Å². The van der Waals surface area contributed by atoms with Crippen LogP contribution in [0.25, 0.3) is 0 Å². The fourth-order valence-corrected chi connectivity index (χ4v) is 5.50. The van der Waals surface area contributed by atoms with Gasteiger partial charge >= 0.3 is 0 Å². The summed E-state index contributed by atoms with van der Waals surface area (Å²) in [7, 11) is -3.68. The molecule has 0 saturated carbocycles. The van der Waals surface area contributed by atoms with Crippen LogP contribution in [0.15, 0.2) is 45.9 Å². The van der Waals surface area contributed by atoms with E-state index in [1.54, 1.807) is 18.0 Å². The van der Waals surface area contributed by atoms with E-state index in [4.69, 9.17) is 16.0 Å². The summed E-state index contributed by atoms with van der Waals surface area (Å²) in [5.74, 6) is 0.897. The lowest BCUT2D eigenvalue weighted by molar-refractivity contribution is 0.417. The predicted molar refractivity (Wildman–Crippen MR) is 88.7 cm³/mol. The minimum absolute atomic E-state index is 0.0188. The maximum Gasteiger partial charge on any atom is 0.243 e. The van der Waals surface area contributed by atoms with E-state index in [-0.39, 0.29) is 15.2 Å². The molecule has 2 heterocycles. The second-order valence-electron chi connectivity index (χ2n) is 5.14. The van der Waals surface area contributed by atoms with Crippen LogP contribution in [0.5, 0.6) is 0 Å². The molecule has 4 nitrogen and oxygen atoms in total. The largest absolute Gasteiger partial charge is 0.468 e. The van der Waals surface area contributed by atoms with Crippen molar-refractivity contribution in [3.05, 3.63) is 53.2 Å². The third-order valence-electron chi connectivity index (χ3n) is 3.69. The van der Waals surface area contributed by atoms with Crippen molar-refractivity contribution in [3.63, 3.8) is 0 Å². The van der Waals surface area contributed by atoms with Gasteiger partial charge in [0.25, 0.3) is 0 Å². The summed E-state index contributed by atoms with van der Waals surface area (Å²) in [6.07, 6.45) is 2.28. The predicted octanol–water partition coefficient (Wildman–Crippen LogP) is 3.94. The first kappa shape index (κ1) is 16.8. The Morgan fingerprint density at radius 3 is 2.83 bits per heavy atom. The van der Waals surface area contributed by atoms with E-state index >= 15 is 0 Å². The molecule has 2 aromatic rings. The Hall–Kier alpha value is -1.02. The molecule has 1 atom stereocenters. The minimum Gasteiger partial charge on any atom is -0.468 e. The average molecular weight is 376 g/mol. The van der Waals surface area contributed by atoms with E-state index in [0.29, 0.717) is 25.3 Å². The van der Waals surface area contributed by atoms with Gasteiger partial charge in [0.05, 0.1) is 21.4 Å². The van der Waals surface area contributed by atoms with Crippen molar-refractivity contribution >= 4 is 33.4 Å². The first-order valence-electron chi connectivity index (χ1n) is 7.08. The van der Waals surface area contributed by atoms with Gasteiger partial charge in [0.1, 0.15) is 11.6 Å². The van der Waals surface area contributed by atoms with Gasteiger partial charge in [0.15, 0.2) is 0 Å². The number of rotatable bonds is 3. The molecule has 0 bridgehead atoms. The van der Waals surface area contributed by atoms with Gasteiger partial charge < -0.3 is 4.42 Å². The highest BCUT2D eigenvalue weighted by Gasteiger charge is 2.29. The van der Waals surface area contributed by atoms with Gasteiger partial charge in [0, 0.05) is 18.8 Å². The highest BCUT2D eigenvalue weighted by Crippen LogP contribution is 2.35. The fourth-order valence-electron chi connectivity index (χ4n) is 2.48. The Bertz CT molecular complexity index is 780. The summed E-state index contributed by atoms with van der Waals surface area (Å²) in [4.78, 5) is 0.0188. The molecule has 124 valence electrons. The molecular formula is C15H15ClFNO3S2. The summed E-state index contributed by atoms with van der Waals surface area (Å²) in [6.45, 7) is 0.787. The van der Waals surface area contributed by atoms with Crippen LogP contribution in [-0.4, -0.2) is 31.6 Å². The normalized spacial score (nSPS) is 20.3. The third kappa shape index (κ3) is 3.57. The van der Waals surface area contributed by atoms with Crippen LogP contribution in [-0.2, 0) is 10.0 Å². The zero-order chi connectivity index (χ0) is 16.4.